The number of anilines is 1. The third-order valence-corrected chi connectivity index (χ3v) is 22.2. The zero-order valence-corrected chi connectivity index (χ0v) is 60.6. The predicted molar refractivity (Wildman–Crippen MR) is 386 cm³/mol. The van der Waals surface area contributed by atoms with Gasteiger partial charge in [-0.25, -0.2) is 0 Å². The van der Waals surface area contributed by atoms with Crippen molar-refractivity contribution < 1.29 is 58.8 Å². The molecular formula is C72H70Cl4N6O12S4. The van der Waals surface area contributed by atoms with Crippen molar-refractivity contribution in [3.63, 3.8) is 0 Å². The summed E-state index contributed by atoms with van der Waals surface area (Å²) in [7, 11) is 0. The minimum absolute atomic E-state index is 0.0892. The van der Waals surface area contributed by atoms with Gasteiger partial charge in [-0.2, -0.15) is 0 Å². The lowest BCUT2D eigenvalue weighted by Gasteiger charge is -2.16. The number of hydrogen-bond donors (Lipinski definition) is 5. The Morgan fingerprint density at radius 1 is 0.480 bits per heavy atom. The van der Waals surface area contributed by atoms with Crippen molar-refractivity contribution in [2.24, 2.45) is 5.16 Å². The second-order valence-electron chi connectivity index (χ2n) is 23.0. The van der Waals surface area contributed by atoms with Crippen LogP contribution in [0.1, 0.15) is 119 Å². The van der Waals surface area contributed by atoms with Gasteiger partial charge in [-0.3, -0.25) is 33.6 Å². The molecule has 98 heavy (non-hydrogen) atoms. The summed E-state index contributed by atoms with van der Waals surface area (Å²) in [5.41, 5.74) is 10.7. The van der Waals surface area contributed by atoms with Crippen molar-refractivity contribution in [2.75, 3.05) is 11.9 Å². The molecule has 0 bridgehead atoms. The van der Waals surface area contributed by atoms with Crippen LogP contribution in [0.5, 0.6) is 0 Å². The van der Waals surface area contributed by atoms with Crippen LogP contribution >= 0.6 is 93.5 Å². The maximum absolute atomic E-state index is 12.6. The second kappa shape index (κ2) is 33.8. The molecule has 0 fully saturated rings. The highest BCUT2D eigenvalue weighted by molar-refractivity contribution is 8.00. The van der Waals surface area contributed by atoms with Gasteiger partial charge in [0.1, 0.15) is 26.2 Å². The van der Waals surface area contributed by atoms with Crippen LogP contribution in [0.15, 0.2) is 160 Å². The lowest BCUT2D eigenvalue weighted by atomic mass is 9.96. The van der Waals surface area contributed by atoms with Crippen LogP contribution in [0.3, 0.4) is 0 Å². The fourth-order valence-electron chi connectivity index (χ4n) is 12.0. The Morgan fingerprint density at radius 3 is 1.20 bits per heavy atom. The summed E-state index contributed by atoms with van der Waals surface area (Å²) in [6, 6.07) is 35.4. The smallest absolute Gasteiger partial charge is 0.325 e. The van der Waals surface area contributed by atoms with Gasteiger partial charge in [0, 0.05) is 130 Å². The number of carboxylic acids is 3. The number of aromatic nitrogens is 4. The first-order valence-electron chi connectivity index (χ1n) is 31.2. The summed E-state index contributed by atoms with van der Waals surface area (Å²) >= 11 is 29.9. The Bertz CT molecular complexity index is 4540. The molecule has 18 nitrogen and oxygen atoms in total. The molecule has 0 aliphatic heterocycles. The number of fused-ring (bicyclic) bond motifs is 4. The number of carbonyl (C=O) groups excluding carboxylic acids is 4. The van der Waals surface area contributed by atoms with E-state index in [1.165, 1.54) is 30.4 Å². The molecular weight excluding hydrogens is 1410 g/mol. The van der Waals surface area contributed by atoms with E-state index in [9.17, 15) is 49.0 Å². The van der Waals surface area contributed by atoms with Gasteiger partial charge >= 0.3 is 23.9 Å². The molecule has 1 amide bonds. The molecule has 12 rings (SSSR count). The molecule has 3 aliphatic rings. The number of hydrogen-bond acceptors (Lipinski definition) is 14. The minimum atomic E-state index is -0.919. The van der Waals surface area contributed by atoms with Gasteiger partial charge in [-0.1, -0.05) is 105 Å². The predicted octanol–water partition coefficient (Wildman–Crippen LogP) is 17.9. The first kappa shape index (κ1) is 74.4. The van der Waals surface area contributed by atoms with Crippen molar-refractivity contribution in [3.05, 3.63) is 192 Å². The molecule has 512 valence electrons. The number of ketones is 2. The molecule has 5 N–H and O–H groups in total. The lowest BCUT2D eigenvalue weighted by molar-refractivity contribution is -0.144. The molecule has 4 heterocycles. The maximum atomic E-state index is 12.6. The first-order chi connectivity index (χ1) is 46.8. The fourth-order valence-corrected chi connectivity index (χ4v) is 16.9. The van der Waals surface area contributed by atoms with Crippen LogP contribution in [0, 0.1) is 27.7 Å². The highest BCUT2D eigenvalue weighted by Crippen LogP contribution is 2.45. The van der Waals surface area contributed by atoms with E-state index in [1.54, 1.807) is 39.6 Å². The zero-order chi connectivity index (χ0) is 70.6. The summed E-state index contributed by atoms with van der Waals surface area (Å²) < 4.78 is 12.4. The summed E-state index contributed by atoms with van der Waals surface area (Å²) in [5.74, 6) is -2.89. The number of nitrogens with one attached hydrogen (secondary N) is 1. The van der Waals surface area contributed by atoms with Gasteiger partial charge in [0.2, 0.25) is 5.91 Å². The topological polar surface area (TPSA) is 254 Å². The van der Waals surface area contributed by atoms with Crippen molar-refractivity contribution >= 4 is 157 Å². The average molecular weight is 1480 g/mol. The van der Waals surface area contributed by atoms with Crippen LogP contribution in [0.2, 0.25) is 20.1 Å². The van der Waals surface area contributed by atoms with Gasteiger partial charge in [-0.15, -0.1) is 0 Å². The number of esters is 1. The molecule has 0 radical (unpaired) electrons. The quantitative estimate of drug-likeness (QED) is 0.0304. The van der Waals surface area contributed by atoms with Gasteiger partial charge in [-0.05, 0) is 189 Å². The summed E-state index contributed by atoms with van der Waals surface area (Å²) in [6.07, 6.45) is 6.56. The molecule has 26 heteroatoms. The summed E-state index contributed by atoms with van der Waals surface area (Å²) in [6.45, 7) is 11.0. The largest absolute Gasteiger partial charge is 0.480 e. The Balaban J connectivity index is 0.000000153. The number of halogens is 4. The van der Waals surface area contributed by atoms with E-state index in [0.717, 1.165) is 140 Å². The van der Waals surface area contributed by atoms with Crippen molar-refractivity contribution in [1.82, 2.24) is 18.3 Å². The third-order valence-electron chi connectivity index (χ3n) is 16.4. The van der Waals surface area contributed by atoms with Gasteiger partial charge in [0.25, 0.3) is 0 Å². The number of benzene rings is 5. The molecule has 5 aromatic carbocycles. The molecule has 0 spiro atoms. The Hall–Kier alpha value is -7.80. The Labute approximate surface area is 603 Å². The number of ether oxygens (including phenoxy) is 1. The van der Waals surface area contributed by atoms with Gasteiger partial charge < -0.3 is 48.8 Å². The molecule has 0 unspecified atom stereocenters. The molecule has 0 saturated carbocycles. The lowest BCUT2D eigenvalue weighted by Crippen LogP contribution is -2.19. The number of amides is 1. The number of aliphatic carboxylic acids is 3. The van der Waals surface area contributed by atoms with Crippen LogP contribution in [-0.4, -0.2) is 92.5 Å². The monoisotopic (exact) mass is 1480 g/mol. The van der Waals surface area contributed by atoms with Gasteiger partial charge in [0.05, 0.1) is 34.6 Å². The zero-order valence-electron chi connectivity index (χ0n) is 54.3. The van der Waals surface area contributed by atoms with E-state index >= 15 is 0 Å². The molecule has 0 saturated heterocycles. The number of nitrogens with zero attached hydrogens (tertiary/aromatic N) is 5. The number of rotatable bonds is 18. The second-order valence-corrected chi connectivity index (χ2v) is 29.1. The highest BCUT2D eigenvalue weighted by Gasteiger charge is 2.33. The number of carboxylic acid groups (broad SMARTS) is 3. The summed E-state index contributed by atoms with van der Waals surface area (Å²) in [4.78, 5) is 89.9. The van der Waals surface area contributed by atoms with E-state index in [-0.39, 0.29) is 49.6 Å². The van der Waals surface area contributed by atoms with Gasteiger partial charge in [0.15, 0.2) is 11.6 Å². The van der Waals surface area contributed by atoms with E-state index in [4.69, 9.17) is 56.2 Å². The average Bonchev–Trinajstić information content (AvgIpc) is 2.35. The minimum Gasteiger partial charge on any atom is -0.480 e. The molecule has 0 atom stereocenters. The first-order valence-corrected chi connectivity index (χ1v) is 36.0. The number of Topliss-reactive ketones (excluding diaryl/α,β-unsaturated/α-hetero) is 2. The normalized spacial score (nSPS) is 13.4. The van der Waals surface area contributed by atoms with Crippen molar-refractivity contribution in [3.8, 4) is 0 Å². The van der Waals surface area contributed by atoms with Crippen LogP contribution in [0.25, 0.3) is 10.9 Å². The third kappa shape index (κ3) is 18.0. The van der Waals surface area contributed by atoms with E-state index in [2.05, 4.69) is 10.5 Å². The van der Waals surface area contributed by atoms with E-state index < -0.39 is 17.9 Å². The van der Waals surface area contributed by atoms with Crippen molar-refractivity contribution in [1.29, 1.82) is 0 Å². The van der Waals surface area contributed by atoms with Crippen LogP contribution in [0.4, 0.5) is 5.69 Å². The van der Waals surface area contributed by atoms with Crippen LogP contribution < -0.4 is 5.32 Å². The molecule has 9 aromatic rings. The van der Waals surface area contributed by atoms with Crippen LogP contribution in [-0.2, 0) is 74.2 Å². The summed E-state index contributed by atoms with van der Waals surface area (Å²) in [5, 5.41) is 46.8. The van der Waals surface area contributed by atoms with E-state index in [0.29, 0.717) is 62.9 Å². The van der Waals surface area contributed by atoms with E-state index in [1.807, 2.05) is 152 Å². The molecule has 4 aromatic heterocycles. The standard InChI is InChI=1S/C19H17ClN2O3S.C19H20ClNO3S.C17H17ClN2O3S.C17H16ClNO3S/c1-11-19(26-14-8-6-13(20)7-9-14)18-15(21-12(2)23)4-3-5-16(18)22(11)10-17(24)25;1-3-24-17(23)11-21-12(2)19(18-15(21)5-4-6-16(18)22)25-14-9-7-13(20)8-10-14;1-10-17(24-12-7-5-11(18)6-8-12)16-13(19-23)3-2-4-14(16)20(10)9-15(21)22;1-10-17(23-12-7-5-11(18)6-8-12)16-13(3-2-4-14(16)20)19(10)9-15(21)22/h3-9H,10H2,1-2H3,(H,21,23)(H,24,25);7-10H,3-6,11H2,1-2H3;5-8,23H,2-4,9H2,1H3,(H,21,22);5-8H,2-4,9H2,1H3,(H,21,22)/b;;19-13+;. The maximum Gasteiger partial charge on any atom is 0.325 e. The Morgan fingerprint density at radius 2 is 0.827 bits per heavy atom. The number of oxime groups is 1. The van der Waals surface area contributed by atoms with Crippen molar-refractivity contribution in [2.45, 2.75) is 165 Å². The Kier molecular flexibility index (Phi) is 25.7. The highest BCUT2D eigenvalue weighted by atomic mass is 35.5. The molecule has 3 aliphatic carbocycles. The SMILES string of the molecule is CC(=O)Nc1cccc2c1c(Sc1ccc(Cl)cc1)c(C)n2CC(=O)O.CCOC(=O)Cn1c(C)c(Sc2ccc(Cl)cc2)c2c1CCCC2=O.Cc1c(Sc2ccc(Cl)cc2)c2c(n1CC(=O)O)CCC/C2=N\O.Cc1c(Sc2ccc(Cl)cc2)c2c(n1CC(=O)O)CCCC2=O. The fraction of sp³-hybridized carbons (Fsp3) is 0.278. The number of carbonyl (C=O) groups is 7.